The summed E-state index contributed by atoms with van der Waals surface area (Å²) >= 11 is 0. The average Bonchev–Trinajstić information content (AvgIpc) is 3.29. The molecule has 0 aliphatic heterocycles. The standard InChI is InChI=1S/C58H88O6/c1-4-7-10-13-16-19-22-25-27-28-29-30-31-34-36-39-42-45-48-51-57(60)63-54-55(53-62-56(59)50-47-44-41-38-35-32-24-21-18-15-12-9-6-3)64-58(61)52-49-46-43-40-37-33-26-23-20-17-14-11-8-5-2/h7,9-10,12-13,15-16,18-19,21-22,24-25,27-37,55H,4-6,8,11,14,17,20,23,26,38-54H2,1-3H3/b10-7-,12-9-,16-13-,18-15-,22-19-,24-21-,27-25-,29-28+,31-30-,35-32-,36-34-,37-33-. The molecule has 64 heavy (non-hydrogen) atoms. The molecule has 0 aromatic heterocycles. The first-order chi connectivity index (χ1) is 31.5. The number of unbranched alkanes of at least 4 members (excludes halogenated alkanes) is 16. The maximum atomic E-state index is 12.8. The van der Waals surface area contributed by atoms with Gasteiger partial charge in [0.2, 0.25) is 0 Å². The molecule has 6 nitrogen and oxygen atoms in total. The Labute approximate surface area is 391 Å². The molecule has 1 unspecified atom stereocenters. The molecule has 0 N–H and O–H groups in total. The fourth-order valence-electron chi connectivity index (χ4n) is 6.13. The van der Waals surface area contributed by atoms with Crippen LogP contribution in [0.15, 0.2) is 146 Å². The number of carbonyl (C=O) groups excluding carboxylic acids is 3. The van der Waals surface area contributed by atoms with Crippen molar-refractivity contribution < 1.29 is 28.6 Å². The van der Waals surface area contributed by atoms with E-state index in [1.807, 2.05) is 109 Å². The van der Waals surface area contributed by atoms with E-state index in [4.69, 9.17) is 14.2 Å². The predicted molar refractivity (Wildman–Crippen MR) is 274 cm³/mol. The van der Waals surface area contributed by atoms with Crippen LogP contribution in [0.4, 0.5) is 0 Å². The third-order valence-electron chi connectivity index (χ3n) is 9.85. The Morgan fingerprint density at radius 1 is 0.328 bits per heavy atom. The van der Waals surface area contributed by atoms with Crippen LogP contribution >= 0.6 is 0 Å². The summed E-state index contributed by atoms with van der Waals surface area (Å²) in [6, 6.07) is 0. The Hall–Kier alpha value is -4.71. The molecule has 0 aliphatic carbocycles. The molecule has 0 saturated heterocycles. The first kappa shape index (κ1) is 59.3. The molecule has 0 saturated carbocycles. The number of allylic oxidation sites excluding steroid dienone is 24. The minimum atomic E-state index is -0.827. The second-order valence-electron chi connectivity index (χ2n) is 15.9. The highest BCUT2D eigenvalue weighted by Gasteiger charge is 2.19. The van der Waals surface area contributed by atoms with E-state index >= 15 is 0 Å². The number of carbonyl (C=O) groups is 3. The zero-order valence-corrected chi connectivity index (χ0v) is 40.5. The first-order valence-corrected chi connectivity index (χ1v) is 25.0. The van der Waals surface area contributed by atoms with Crippen molar-refractivity contribution in [3.8, 4) is 0 Å². The van der Waals surface area contributed by atoms with Gasteiger partial charge < -0.3 is 14.2 Å². The van der Waals surface area contributed by atoms with Gasteiger partial charge >= 0.3 is 17.9 Å². The fourth-order valence-corrected chi connectivity index (χ4v) is 6.13. The van der Waals surface area contributed by atoms with Gasteiger partial charge in [-0.25, -0.2) is 0 Å². The van der Waals surface area contributed by atoms with Crippen molar-refractivity contribution in [1.29, 1.82) is 0 Å². The molecule has 0 spiro atoms. The minimum absolute atomic E-state index is 0.126. The summed E-state index contributed by atoms with van der Waals surface area (Å²) in [6.45, 7) is 6.23. The van der Waals surface area contributed by atoms with Crippen LogP contribution in [-0.2, 0) is 28.6 Å². The zero-order valence-electron chi connectivity index (χ0n) is 40.5. The van der Waals surface area contributed by atoms with Crippen LogP contribution in [0.1, 0.15) is 181 Å². The molecule has 0 radical (unpaired) electrons. The summed E-state index contributed by atoms with van der Waals surface area (Å²) in [7, 11) is 0. The SMILES string of the molecule is CC\C=C/C=C\C=C/C=C\C=C\C=C/C=C\CCCCCC(=O)OCC(COC(=O)CCCCC\C=C/C=C\C=C/C=C\CC)OC(=O)CCCCC/C=C\CCCCCCCCC. The van der Waals surface area contributed by atoms with Crippen molar-refractivity contribution in [2.45, 2.75) is 187 Å². The quantitative estimate of drug-likeness (QED) is 0.0200. The lowest BCUT2D eigenvalue weighted by atomic mass is 10.1. The van der Waals surface area contributed by atoms with Crippen LogP contribution < -0.4 is 0 Å². The molecule has 0 rings (SSSR count). The summed E-state index contributed by atoms with van der Waals surface area (Å²) in [5.41, 5.74) is 0. The summed E-state index contributed by atoms with van der Waals surface area (Å²) < 4.78 is 16.7. The average molecular weight is 881 g/mol. The van der Waals surface area contributed by atoms with Gasteiger partial charge in [0.05, 0.1) is 0 Å². The topological polar surface area (TPSA) is 78.9 Å². The minimum Gasteiger partial charge on any atom is -0.462 e. The van der Waals surface area contributed by atoms with Crippen LogP contribution in [0.25, 0.3) is 0 Å². The highest BCUT2D eigenvalue weighted by Crippen LogP contribution is 2.12. The third kappa shape index (κ3) is 48.3. The maximum Gasteiger partial charge on any atom is 0.306 e. The molecule has 356 valence electrons. The smallest absolute Gasteiger partial charge is 0.306 e. The first-order valence-electron chi connectivity index (χ1n) is 25.0. The Bertz CT molecular complexity index is 1480. The second kappa shape index (κ2) is 50.9. The van der Waals surface area contributed by atoms with Crippen LogP contribution in [0.2, 0.25) is 0 Å². The molecule has 0 aromatic carbocycles. The molecule has 0 aliphatic rings. The highest BCUT2D eigenvalue weighted by molar-refractivity contribution is 5.71. The molecule has 0 fully saturated rings. The van der Waals surface area contributed by atoms with E-state index in [1.165, 1.54) is 44.9 Å². The zero-order chi connectivity index (χ0) is 46.5. The molecule has 6 heteroatoms. The summed E-state index contributed by atoms with van der Waals surface area (Å²) in [4.78, 5) is 37.9. The number of rotatable bonds is 42. The molecule has 0 amide bonds. The van der Waals surface area contributed by atoms with Crippen molar-refractivity contribution in [3.63, 3.8) is 0 Å². The number of esters is 3. The van der Waals surface area contributed by atoms with Gasteiger partial charge in [0.1, 0.15) is 13.2 Å². The van der Waals surface area contributed by atoms with Crippen molar-refractivity contribution in [2.24, 2.45) is 0 Å². The fraction of sp³-hybridized carbons (Fsp3) is 0.534. The molecule has 0 aromatic rings. The van der Waals surface area contributed by atoms with E-state index < -0.39 is 6.10 Å². The van der Waals surface area contributed by atoms with Gasteiger partial charge in [-0.2, -0.15) is 0 Å². The normalized spacial score (nSPS) is 13.4. The van der Waals surface area contributed by atoms with Crippen LogP contribution in [0, 0.1) is 0 Å². The van der Waals surface area contributed by atoms with Crippen LogP contribution in [0.5, 0.6) is 0 Å². The summed E-state index contributed by atoms with van der Waals surface area (Å²) in [6.07, 6.45) is 72.5. The van der Waals surface area contributed by atoms with Crippen molar-refractivity contribution in [1.82, 2.24) is 0 Å². The Kier molecular flexibility index (Phi) is 47.2. The molecular weight excluding hydrogens is 793 g/mol. The van der Waals surface area contributed by atoms with Gasteiger partial charge in [0.25, 0.3) is 0 Å². The summed E-state index contributed by atoms with van der Waals surface area (Å²) in [5, 5.41) is 0. The van der Waals surface area contributed by atoms with E-state index in [0.717, 1.165) is 89.9 Å². The lowest BCUT2D eigenvalue weighted by Gasteiger charge is -2.18. The van der Waals surface area contributed by atoms with Crippen molar-refractivity contribution in [2.75, 3.05) is 13.2 Å². The molecule has 0 heterocycles. The molecule has 0 bridgehead atoms. The van der Waals surface area contributed by atoms with E-state index in [2.05, 4.69) is 57.2 Å². The molecular formula is C58H88O6. The van der Waals surface area contributed by atoms with Gasteiger partial charge in [-0.1, -0.05) is 224 Å². The Morgan fingerprint density at radius 3 is 1.00 bits per heavy atom. The lowest BCUT2D eigenvalue weighted by molar-refractivity contribution is -0.167. The van der Waals surface area contributed by atoms with Gasteiger partial charge in [-0.15, -0.1) is 0 Å². The number of hydrogen-bond acceptors (Lipinski definition) is 6. The van der Waals surface area contributed by atoms with E-state index in [9.17, 15) is 14.4 Å². The number of ether oxygens (including phenoxy) is 3. The van der Waals surface area contributed by atoms with Gasteiger partial charge in [0.15, 0.2) is 6.10 Å². The summed E-state index contributed by atoms with van der Waals surface area (Å²) in [5.74, 6) is -1.04. The van der Waals surface area contributed by atoms with E-state index in [-0.39, 0.29) is 44.0 Å². The number of hydrogen-bond donors (Lipinski definition) is 0. The monoisotopic (exact) mass is 881 g/mol. The van der Waals surface area contributed by atoms with E-state index in [0.29, 0.717) is 12.8 Å². The highest BCUT2D eigenvalue weighted by atomic mass is 16.6. The van der Waals surface area contributed by atoms with Crippen LogP contribution in [0.3, 0.4) is 0 Å². The second-order valence-corrected chi connectivity index (χ2v) is 15.9. The van der Waals surface area contributed by atoms with Crippen LogP contribution in [-0.4, -0.2) is 37.2 Å². The largest absolute Gasteiger partial charge is 0.462 e. The van der Waals surface area contributed by atoms with E-state index in [1.54, 1.807) is 0 Å². The Balaban J connectivity index is 4.60. The predicted octanol–water partition coefficient (Wildman–Crippen LogP) is 16.5. The maximum absolute atomic E-state index is 12.8. The van der Waals surface area contributed by atoms with Crippen molar-refractivity contribution in [3.05, 3.63) is 146 Å². The van der Waals surface area contributed by atoms with Gasteiger partial charge in [0, 0.05) is 19.3 Å². The van der Waals surface area contributed by atoms with Gasteiger partial charge in [-0.3, -0.25) is 14.4 Å². The third-order valence-corrected chi connectivity index (χ3v) is 9.85. The van der Waals surface area contributed by atoms with Gasteiger partial charge in [-0.05, 0) is 83.5 Å². The Morgan fingerprint density at radius 2 is 0.625 bits per heavy atom. The molecule has 1 atom stereocenters. The lowest BCUT2D eigenvalue weighted by Crippen LogP contribution is -2.30. The van der Waals surface area contributed by atoms with Crippen molar-refractivity contribution >= 4 is 17.9 Å².